The molecule has 0 radical (unpaired) electrons. The van der Waals surface area contributed by atoms with Gasteiger partial charge in [0.05, 0.1) is 29.9 Å². The molecule has 0 bridgehead atoms. The highest BCUT2D eigenvalue weighted by Gasteiger charge is 2.45. The Balaban J connectivity index is 1.37. The highest BCUT2D eigenvalue weighted by atomic mass is 79.9. The summed E-state index contributed by atoms with van der Waals surface area (Å²) < 4.78 is 10.4. The van der Waals surface area contributed by atoms with Crippen LogP contribution in [0.3, 0.4) is 0 Å². The lowest BCUT2D eigenvalue weighted by molar-refractivity contribution is -0.0431. The van der Waals surface area contributed by atoms with Gasteiger partial charge in [-0.1, -0.05) is 33.3 Å². The van der Waals surface area contributed by atoms with Gasteiger partial charge in [0.2, 0.25) is 0 Å². The van der Waals surface area contributed by atoms with Crippen LogP contribution in [0.15, 0.2) is 59.3 Å². The van der Waals surface area contributed by atoms with Crippen LogP contribution in [0.1, 0.15) is 59.5 Å². The predicted molar refractivity (Wildman–Crippen MR) is 142 cm³/mol. The van der Waals surface area contributed by atoms with Crippen molar-refractivity contribution < 1.29 is 14.9 Å². The van der Waals surface area contributed by atoms with Gasteiger partial charge < -0.3 is 14.9 Å². The van der Waals surface area contributed by atoms with E-state index < -0.39 is 6.29 Å². The van der Waals surface area contributed by atoms with Crippen LogP contribution < -0.4 is 4.74 Å². The van der Waals surface area contributed by atoms with E-state index in [1.165, 1.54) is 0 Å². The number of halogens is 1. The molecule has 2 N–H and O–H groups in total. The number of aliphatic hydroxyl groups excluding tert-OH is 1. The third-order valence-corrected chi connectivity index (χ3v) is 7.12. The molecule has 1 aliphatic carbocycles. The second-order valence-electron chi connectivity index (χ2n) is 9.56. The summed E-state index contributed by atoms with van der Waals surface area (Å²) >= 11 is 3.57. The first-order valence-electron chi connectivity index (χ1n) is 12.3. The molecule has 194 valence electrons. The van der Waals surface area contributed by atoms with Crippen LogP contribution in [0.5, 0.6) is 5.75 Å². The minimum absolute atomic E-state index is 0.0934. The summed E-state index contributed by atoms with van der Waals surface area (Å²) in [4.78, 5) is 2.24. The second kappa shape index (κ2) is 10.7. The Kier molecular flexibility index (Phi) is 7.43. The number of hydrogen-bond donors (Lipinski definition) is 2. The normalized spacial score (nSPS) is 17.1. The number of aromatic nitrogens is 5. The van der Waals surface area contributed by atoms with E-state index in [4.69, 9.17) is 4.74 Å². The molecule has 1 fully saturated rings. The topological polar surface area (TPSA) is 101 Å². The number of nitrogens with zero attached hydrogens (tertiary/aromatic N) is 6. The molecule has 2 aromatic carbocycles. The molecule has 0 spiro atoms. The Bertz CT molecular complexity index is 1380. The van der Waals surface area contributed by atoms with E-state index in [0.29, 0.717) is 12.2 Å². The molecular weight excluding hydrogens is 536 g/mol. The van der Waals surface area contributed by atoms with E-state index in [1.54, 1.807) is 10.9 Å². The van der Waals surface area contributed by atoms with Crippen LogP contribution in [0.4, 0.5) is 0 Å². The molecular formula is C27H31BrN6O3. The molecule has 37 heavy (non-hydrogen) atoms. The number of rotatable bonds is 10. The summed E-state index contributed by atoms with van der Waals surface area (Å²) in [5.41, 5.74) is 5.28. The van der Waals surface area contributed by atoms with Crippen LogP contribution in [-0.4, -0.2) is 53.5 Å². The largest absolute Gasteiger partial charge is 0.494 e. The monoisotopic (exact) mass is 566 g/mol. The summed E-state index contributed by atoms with van der Waals surface area (Å²) in [5.74, 6) is 1.17. The summed E-state index contributed by atoms with van der Waals surface area (Å²) in [5, 5.41) is 33.0. The summed E-state index contributed by atoms with van der Waals surface area (Å²) in [7, 11) is 3.93. The van der Waals surface area contributed by atoms with Crippen LogP contribution in [0.25, 0.3) is 5.69 Å². The third-order valence-electron chi connectivity index (χ3n) is 6.63. The van der Waals surface area contributed by atoms with E-state index in [0.717, 1.165) is 57.9 Å². The van der Waals surface area contributed by atoms with Crippen LogP contribution in [0.2, 0.25) is 0 Å². The lowest BCUT2D eigenvalue weighted by Gasteiger charge is -2.20. The van der Waals surface area contributed by atoms with Gasteiger partial charge in [0.15, 0.2) is 6.29 Å². The van der Waals surface area contributed by atoms with Gasteiger partial charge in [-0.15, -0.1) is 5.10 Å². The van der Waals surface area contributed by atoms with Gasteiger partial charge in [-0.2, -0.15) is 5.10 Å². The van der Waals surface area contributed by atoms with E-state index in [-0.39, 0.29) is 11.8 Å². The maximum atomic E-state index is 10.0. The predicted octanol–water partition coefficient (Wildman–Crippen LogP) is 4.05. The van der Waals surface area contributed by atoms with E-state index in [1.807, 2.05) is 49.1 Å². The molecule has 0 saturated heterocycles. The van der Waals surface area contributed by atoms with Crippen molar-refractivity contribution in [2.45, 2.75) is 44.6 Å². The first-order chi connectivity index (χ1) is 17.8. The fourth-order valence-electron chi connectivity index (χ4n) is 4.92. The SMILES string of the molecule is CCOc1ccc(Br)cc1CN(C)Cc1cccc(-n2ncc(C(O)O)c2[C@@H]2C[C@H]2c2cn(C)nn2)c1. The Morgan fingerprint density at radius 1 is 1.16 bits per heavy atom. The summed E-state index contributed by atoms with van der Waals surface area (Å²) in [6.07, 6.45) is 2.74. The summed E-state index contributed by atoms with van der Waals surface area (Å²) in [6, 6.07) is 14.3. The smallest absolute Gasteiger partial charge is 0.181 e. The molecule has 1 saturated carbocycles. The average molecular weight is 567 g/mol. The Morgan fingerprint density at radius 2 is 2.00 bits per heavy atom. The molecule has 2 atom stereocenters. The minimum atomic E-state index is -1.59. The van der Waals surface area contributed by atoms with Gasteiger partial charge in [0.1, 0.15) is 5.75 Å². The zero-order valence-electron chi connectivity index (χ0n) is 21.1. The van der Waals surface area contributed by atoms with Gasteiger partial charge in [0, 0.05) is 53.8 Å². The standard InChI is InChI=1S/C27H31BrN6O3/c1-4-37-25-9-8-19(28)11-18(25)15-32(2)14-17-6-5-7-20(10-17)34-26(23(13-29-34)27(35)36)22-12-21(22)24-16-33(3)31-30-24/h5-11,13,16,21-22,27,35-36H,4,12,14-15H2,1-3H3/t21-,22-/m1/s1. The van der Waals surface area contributed by atoms with Crippen molar-refractivity contribution in [1.29, 1.82) is 0 Å². The second-order valence-corrected chi connectivity index (χ2v) is 10.5. The van der Waals surface area contributed by atoms with Crippen molar-refractivity contribution >= 4 is 15.9 Å². The van der Waals surface area contributed by atoms with E-state index >= 15 is 0 Å². The zero-order chi connectivity index (χ0) is 26.1. The van der Waals surface area contributed by atoms with Gasteiger partial charge in [0.25, 0.3) is 0 Å². The molecule has 4 aromatic rings. The van der Waals surface area contributed by atoms with Crippen molar-refractivity contribution in [2.75, 3.05) is 13.7 Å². The molecule has 10 heteroatoms. The molecule has 0 amide bonds. The number of ether oxygens (including phenoxy) is 1. The number of aliphatic hydroxyl groups is 2. The van der Waals surface area contributed by atoms with E-state index in [9.17, 15) is 10.2 Å². The van der Waals surface area contributed by atoms with Gasteiger partial charge in [-0.05, 0) is 56.3 Å². The molecule has 2 aromatic heterocycles. The van der Waals surface area contributed by atoms with Gasteiger partial charge in [-0.25, -0.2) is 4.68 Å². The van der Waals surface area contributed by atoms with Gasteiger partial charge in [-0.3, -0.25) is 9.58 Å². The fraction of sp³-hybridized carbons (Fsp3) is 0.370. The molecule has 2 heterocycles. The minimum Gasteiger partial charge on any atom is -0.494 e. The molecule has 0 aliphatic heterocycles. The van der Waals surface area contributed by atoms with Crippen molar-refractivity contribution in [1.82, 2.24) is 29.7 Å². The van der Waals surface area contributed by atoms with Crippen molar-refractivity contribution in [3.63, 3.8) is 0 Å². The Morgan fingerprint density at radius 3 is 2.73 bits per heavy atom. The Labute approximate surface area is 224 Å². The van der Waals surface area contributed by atoms with Crippen LogP contribution in [-0.2, 0) is 20.1 Å². The molecule has 9 nitrogen and oxygen atoms in total. The van der Waals surface area contributed by atoms with Crippen molar-refractivity contribution in [3.8, 4) is 11.4 Å². The van der Waals surface area contributed by atoms with Crippen molar-refractivity contribution in [2.24, 2.45) is 7.05 Å². The maximum Gasteiger partial charge on any atom is 0.181 e. The van der Waals surface area contributed by atoms with Crippen LogP contribution in [0, 0.1) is 0 Å². The quantitative estimate of drug-likeness (QED) is 0.279. The zero-order valence-corrected chi connectivity index (χ0v) is 22.7. The van der Waals surface area contributed by atoms with Crippen molar-refractivity contribution in [3.05, 3.63) is 87.4 Å². The number of aryl methyl sites for hydroxylation is 1. The van der Waals surface area contributed by atoms with Crippen LogP contribution >= 0.6 is 15.9 Å². The summed E-state index contributed by atoms with van der Waals surface area (Å²) in [6.45, 7) is 4.07. The highest BCUT2D eigenvalue weighted by Crippen LogP contribution is 2.55. The first kappa shape index (κ1) is 25.6. The third kappa shape index (κ3) is 5.62. The first-order valence-corrected chi connectivity index (χ1v) is 13.1. The average Bonchev–Trinajstić information content (AvgIpc) is 3.30. The fourth-order valence-corrected chi connectivity index (χ4v) is 5.33. The number of hydrogen-bond acceptors (Lipinski definition) is 7. The number of benzene rings is 2. The highest BCUT2D eigenvalue weighted by molar-refractivity contribution is 9.10. The van der Waals surface area contributed by atoms with E-state index in [2.05, 4.69) is 61.5 Å². The Hall–Kier alpha value is -3.05. The lowest BCUT2D eigenvalue weighted by atomic mass is 10.1. The maximum absolute atomic E-state index is 10.0. The lowest BCUT2D eigenvalue weighted by Crippen LogP contribution is -2.18. The molecule has 5 rings (SSSR count). The van der Waals surface area contributed by atoms with Gasteiger partial charge >= 0.3 is 0 Å². The molecule has 0 unspecified atom stereocenters. The molecule has 1 aliphatic rings.